The molecule has 1 aromatic rings. The zero-order valence-corrected chi connectivity index (χ0v) is 7.83. The van der Waals surface area contributed by atoms with E-state index in [1.54, 1.807) is 0 Å². The highest BCUT2D eigenvalue weighted by Gasteiger charge is 2.22. The summed E-state index contributed by atoms with van der Waals surface area (Å²) in [5, 5.41) is 2.62. The van der Waals surface area contributed by atoms with Crippen LogP contribution in [0.5, 0.6) is 0 Å². The van der Waals surface area contributed by atoms with Crippen LogP contribution in [0.2, 0.25) is 0 Å². The van der Waals surface area contributed by atoms with Crippen LogP contribution in [0.3, 0.4) is 0 Å². The van der Waals surface area contributed by atoms with E-state index in [2.05, 4.69) is 15.0 Å². The van der Waals surface area contributed by atoms with Gasteiger partial charge in [-0.15, -0.1) is 0 Å². The van der Waals surface area contributed by atoms with Crippen molar-refractivity contribution in [1.82, 2.24) is 5.32 Å². The summed E-state index contributed by atoms with van der Waals surface area (Å²) in [5.74, 6) is 0.762. The van der Waals surface area contributed by atoms with E-state index in [0.29, 0.717) is 6.42 Å². The van der Waals surface area contributed by atoms with E-state index in [-0.39, 0.29) is 0 Å². The lowest BCUT2D eigenvalue weighted by Gasteiger charge is -1.93. The van der Waals surface area contributed by atoms with Crippen LogP contribution < -0.4 is 10.3 Å². The second-order valence-electron chi connectivity index (χ2n) is 3.05. The minimum Gasteiger partial charge on any atom is -0.435 e. The molecule has 0 radical (unpaired) electrons. The second kappa shape index (κ2) is 3.49. The molecule has 0 saturated carbocycles. The Morgan fingerprint density at radius 1 is 1.50 bits per heavy atom. The number of ether oxygens (including phenoxy) is 1. The molecule has 0 fully saturated rings. The molecule has 1 aliphatic heterocycles. The Morgan fingerprint density at radius 3 is 3.00 bits per heavy atom. The average Bonchev–Trinajstić information content (AvgIpc) is 2.59. The van der Waals surface area contributed by atoms with Gasteiger partial charge >= 0.3 is 6.09 Å². The third-order valence-corrected chi connectivity index (χ3v) is 2.11. The van der Waals surface area contributed by atoms with Crippen molar-refractivity contribution >= 4 is 17.6 Å². The van der Waals surface area contributed by atoms with Gasteiger partial charge in [-0.1, -0.05) is 18.2 Å². The highest BCUT2D eigenvalue weighted by Crippen LogP contribution is 2.12. The monoisotopic (exact) mass is 191 g/mol. The van der Waals surface area contributed by atoms with Crippen molar-refractivity contribution in [1.29, 1.82) is 0 Å². The normalized spacial score (nSPS) is 13.1. The van der Waals surface area contributed by atoms with Crippen LogP contribution in [0.1, 0.15) is 5.56 Å². The first-order valence-corrected chi connectivity index (χ1v) is 4.35. The van der Waals surface area contributed by atoms with E-state index in [0.717, 1.165) is 11.5 Å². The SMILES string of the molecule is COC(=O)NC1=[NH+]c2ccccc2C1. The fraction of sp³-hybridized carbons (Fsp3) is 0.200. The molecule has 1 aromatic carbocycles. The Morgan fingerprint density at radius 2 is 2.29 bits per heavy atom. The maximum absolute atomic E-state index is 10.9. The molecule has 0 unspecified atom stereocenters. The predicted molar refractivity (Wildman–Crippen MR) is 51.3 cm³/mol. The van der Waals surface area contributed by atoms with E-state index >= 15 is 0 Å². The summed E-state index contributed by atoms with van der Waals surface area (Å²) in [6.45, 7) is 0. The molecule has 2 rings (SSSR count). The van der Waals surface area contributed by atoms with Crippen molar-refractivity contribution in [3.05, 3.63) is 29.8 Å². The van der Waals surface area contributed by atoms with Crippen molar-refractivity contribution in [2.75, 3.05) is 7.11 Å². The molecule has 1 aliphatic rings. The van der Waals surface area contributed by atoms with Crippen LogP contribution in [0.15, 0.2) is 24.3 Å². The molecule has 1 amide bonds. The van der Waals surface area contributed by atoms with Gasteiger partial charge in [-0.05, 0) is 6.07 Å². The van der Waals surface area contributed by atoms with Gasteiger partial charge in [-0.25, -0.2) is 4.99 Å². The lowest BCUT2D eigenvalue weighted by molar-refractivity contribution is -0.352. The highest BCUT2D eigenvalue weighted by atomic mass is 16.5. The van der Waals surface area contributed by atoms with E-state index in [1.165, 1.54) is 12.7 Å². The summed E-state index contributed by atoms with van der Waals surface area (Å²) in [5.41, 5.74) is 2.22. The fourth-order valence-corrected chi connectivity index (χ4v) is 1.44. The summed E-state index contributed by atoms with van der Waals surface area (Å²) < 4.78 is 4.50. The van der Waals surface area contributed by atoms with Gasteiger partial charge in [0.1, 0.15) is 5.69 Å². The fourth-order valence-electron chi connectivity index (χ4n) is 1.44. The molecule has 0 saturated heterocycles. The number of carbonyl (C=O) groups excluding carboxylic acids is 1. The number of hydrogen-bond donors (Lipinski definition) is 2. The van der Waals surface area contributed by atoms with Crippen LogP contribution in [0, 0.1) is 0 Å². The van der Waals surface area contributed by atoms with E-state index in [9.17, 15) is 4.79 Å². The van der Waals surface area contributed by atoms with Gasteiger partial charge in [0, 0.05) is 5.56 Å². The number of fused-ring (bicyclic) bond motifs is 1. The summed E-state index contributed by atoms with van der Waals surface area (Å²) >= 11 is 0. The molecule has 4 heteroatoms. The van der Waals surface area contributed by atoms with Crippen LogP contribution in [0.4, 0.5) is 10.5 Å². The zero-order valence-electron chi connectivity index (χ0n) is 7.83. The zero-order chi connectivity index (χ0) is 9.97. The third kappa shape index (κ3) is 1.59. The number of amidine groups is 1. The number of alkyl carbamates (subject to hydrolysis) is 1. The minimum absolute atomic E-state index is 0.444. The standard InChI is InChI=1S/C10H10N2O2/c1-14-10(13)12-9-6-7-4-2-3-5-8(7)11-9/h2-5H,6H2,1H3,(H,11,12,13)/p+1. The van der Waals surface area contributed by atoms with E-state index < -0.39 is 6.09 Å². The largest absolute Gasteiger partial charge is 0.504 e. The van der Waals surface area contributed by atoms with Crippen LogP contribution in [0.25, 0.3) is 0 Å². The van der Waals surface area contributed by atoms with Gasteiger partial charge in [0.05, 0.1) is 13.5 Å². The van der Waals surface area contributed by atoms with Crippen LogP contribution in [-0.2, 0) is 11.2 Å². The molecule has 0 bridgehead atoms. The Balaban J connectivity index is 2.12. The average molecular weight is 191 g/mol. The quantitative estimate of drug-likeness (QED) is 0.592. The predicted octanol–water partition coefficient (Wildman–Crippen LogP) is -0.291. The Bertz CT molecular complexity index is 399. The first-order valence-electron chi connectivity index (χ1n) is 4.35. The number of para-hydroxylation sites is 1. The number of methoxy groups -OCH3 is 1. The smallest absolute Gasteiger partial charge is 0.435 e. The molecule has 0 aromatic heterocycles. The molecular formula is C10H11N2O2+. The van der Waals surface area contributed by atoms with Gasteiger partial charge in [0.2, 0.25) is 0 Å². The summed E-state index contributed by atoms with van der Waals surface area (Å²) in [6, 6.07) is 7.92. The van der Waals surface area contributed by atoms with Gasteiger partial charge < -0.3 is 4.74 Å². The van der Waals surface area contributed by atoms with Crippen molar-refractivity contribution in [3.63, 3.8) is 0 Å². The maximum atomic E-state index is 10.9. The molecule has 14 heavy (non-hydrogen) atoms. The van der Waals surface area contributed by atoms with Crippen LogP contribution >= 0.6 is 0 Å². The van der Waals surface area contributed by atoms with Crippen LogP contribution in [-0.4, -0.2) is 19.0 Å². The summed E-state index contributed by atoms with van der Waals surface area (Å²) in [7, 11) is 1.35. The second-order valence-corrected chi connectivity index (χ2v) is 3.05. The number of hydrogen-bond acceptors (Lipinski definition) is 2. The number of amides is 1. The molecule has 1 heterocycles. The van der Waals surface area contributed by atoms with Gasteiger partial charge in [0.15, 0.2) is 0 Å². The van der Waals surface area contributed by atoms with E-state index in [1.807, 2.05) is 24.3 Å². The third-order valence-electron chi connectivity index (χ3n) is 2.11. The number of nitrogens with one attached hydrogen (secondary N) is 2. The van der Waals surface area contributed by atoms with Gasteiger partial charge in [-0.2, -0.15) is 10.1 Å². The topological polar surface area (TPSA) is 52.3 Å². The number of rotatable bonds is 0. The summed E-state index contributed by atoms with van der Waals surface area (Å²) in [6.07, 6.45) is 0.269. The molecular weight excluding hydrogens is 180 g/mol. The first-order chi connectivity index (χ1) is 6.79. The molecule has 72 valence electrons. The first kappa shape index (κ1) is 8.74. The van der Waals surface area contributed by atoms with Crippen molar-refractivity contribution in [2.45, 2.75) is 6.42 Å². The Kier molecular flexibility index (Phi) is 2.18. The van der Waals surface area contributed by atoms with Gasteiger partial charge in [-0.3, -0.25) is 0 Å². The van der Waals surface area contributed by atoms with Crippen molar-refractivity contribution < 1.29 is 14.5 Å². The van der Waals surface area contributed by atoms with Crippen molar-refractivity contribution in [3.8, 4) is 0 Å². The molecule has 0 atom stereocenters. The molecule has 4 nitrogen and oxygen atoms in total. The molecule has 0 spiro atoms. The lowest BCUT2D eigenvalue weighted by Crippen LogP contribution is -2.68. The maximum Gasteiger partial charge on any atom is 0.504 e. The number of benzene rings is 1. The van der Waals surface area contributed by atoms with Crippen molar-refractivity contribution in [2.24, 2.45) is 0 Å². The Hall–Kier alpha value is -1.84. The molecule has 2 N–H and O–H groups in total. The summed E-state index contributed by atoms with van der Waals surface area (Å²) in [4.78, 5) is 14.0. The van der Waals surface area contributed by atoms with E-state index in [4.69, 9.17) is 0 Å². The molecule has 0 aliphatic carbocycles. The van der Waals surface area contributed by atoms with Gasteiger partial charge in [0.25, 0.3) is 5.84 Å². The minimum atomic E-state index is -0.444. The Labute approximate surface area is 81.6 Å². The lowest BCUT2D eigenvalue weighted by atomic mass is 10.1. The number of carbonyl (C=O) groups is 1. The highest BCUT2D eigenvalue weighted by molar-refractivity contribution is 5.95.